The minimum atomic E-state index is -0.225. The third-order valence-corrected chi connectivity index (χ3v) is 4.35. The van der Waals surface area contributed by atoms with E-state index in [0.717, 1.165) is 36.1 Å². The van der Waals surface area contributed by atoms with Crippen LogP contribution in [-0.2, 0) is 13.0 Å². The Balaban J connectivity index is 1.62. The van der Waals surface area contributed by atoms with Crippen molar-refractivity contribution in [2.75, 3.05) is 6.61 Å². The van der Waals surface area contributed by atoms with Crippen LogP contribution < -0.4 is 4.74 Å². The van der Waals surface area contributed by atoms with E-state index in [1.807, 2.05) is 30.3 Å². The summed E-state index contributed by atoms with van der Waals surface area (Å²) < 4.78 is 19.4. The van der Waals surface area contributed by atoms with E-state index in [2.05, 4.69) is 0 Å². The minimum absolute atomic E-state index is 0.225. The zero-order valence-electron chi connectivity index (χ0n) is 12.5. The number of halogens is 1. The summed E-state index contributed by atoms with van der Waals surface area (Å²) in [6, 6.07) is 14.7. The summed E-state index contributed by atoms with van der Waals surface area (Å²) >= 11 is 0. The Morgan fingerprint density at radius 1 is 1.09 bits per heavy atom. The smallest absolute Gasteiger partial charge is 0.123 e. The van der Waals surface area contributed by atoms with E-state index in [1.165, 1.54) is 6.07 Å². The maximum absolute atomic E-state index is 13.5. The van der Waals surface area contributed by atoms with Gasteiger partial charge >= 0.3 is 0 Å². The van der Waals surface area contributed by atoms with Gasteiger partial charge in [0.25, 0.3) is 0 Å². The minimum Gasteiger partial charge on any atom is -0.489 e. The van der Waals surface area contributed by atoms with Crippen LogP contribution in [0.25, 0.3) is 0 Å². The van der Waals surface area contributed by atoms with Gasteiger partial charge in [-0.3, -0.25) is 0 Å². The Morgan fingerprint density at radius 3 is 2.64 bits per heavy atom. The predicted octanol–water partition coefficient (Wildman–Crippen LogP) is 3.97. The fourth-order valence-electron chi connectivity index (χ4n) is 2.85. The molecule has 22 heavy (non-hydrogen) atoms. The highest BCUT2D eigenvalue weighted by Crippen LogP contribution is 2.41. The number of hydrogen-bond donors (Lipinski definition) is 1. The maximum atomic E-state index is 13.5. The molecule has 0 amide bonds. The predicted molar refractivity (Wildman–Crippen MR) is 84.2 cm³/mol. The zero-order chi connectivity index (χ0) is 15.4. The lowest BCUT2D eigenvalue weighted by atomic mass is 10.1. The first kappa shape index (κ1) is 15.0. The molecule has 2 aromatic rings. The first-order valence-electron chi connectivity index (χ1n) is 7.82. The van der Waals surface area contributed by atoms with E-state index in [9.17, 15) is 4.39 Å². The van der Waals surface area contributed by atoms with Crippen molar-refractivity contribution in [3.05, 3.63) is 65.5 Å². The molecule has 0 bridgehead atoms. The van der Waals surface area contributed by atoms with E-state index in [1.54, 1.807) is 12.1 Å². The molecule has 1 saturated carbocycles. The van der Waals surface area contributed by atoms with Gasteiger partial charge < -0.3 is 9.84 Å². The topological polar surface area (TPSA) is 29.5 Å². The SMILES string of the molecule is OC[C@H]1C[C@@H]1CCc1cc(F)ccc1OCc1ccccc1. The Morgan fingerprint density at radius 2 is 1.91 bits per heavy atom. The van der Waals surface area contributed by atoms with Crippen LogP contribution in [0.15, 0.2) is 48.5 Å². The average Bonchev–Trinajstić information content (AvgIpc) is 3.31. The summed E-state index contributed by atoms with van der Waals surface area (Å²) in [5.74, 6) is 1.56. The molecule has 2 aromatic carbocycles. The molecule has 0 unspecified atom stereocenters. The summed E-state index contributed by atoms with van der Waals surface area (Å²) in [5.41, 5.74) is 2.01. The van der Waals surface area contributed by atoms with Crippen LogP contribution in [0.4, 0.5) is 4.39 Å². The fourth-order valence-corrected chi connectivity index (χ4v) is 2.85. The summed E-state index contributed by atoms with van der Waals surface area (Å²) in [5, 5.41) is 9.10. The van der Waals surface area contributed by atoms with Gasteiger partial charge in [-0.05, 0) is 60.4 Å². The second-order valence-electron chi connectivity index (χ2n) is 6.00. The molecule has 0 spiro atoms. The van der Waals surface area contributed by atoms with E-state index in [4.69, 9.17) is 9.84 Å². The monoisotopic (exact) mass is 300 g/mol. The van der Waals surface area contributed by atoms with Gasteiger partial charge in [0.2, 0.25) is 0 Å². The molecule has 0 heterocycles. The molecule has 2 nitrogen and oxygen atoms in total. The van der Waals surface area contributed by atoms with Gasteiger partial charge in [-0.25, -0.2) is 4.39 Å². The number of benzene rings is 2. The number of rotatable bonds is 7. The second kappa shape index (κ2) is 6.93. The number of hydrogen-bond acceptors (Lipinski definition) is 2. The lowest BCUT2D eigenvalue weighted by Crippen LogP contribution is -2.00. The van der Waals surface area contributed by atoms with Crippen LogP contribution in [0, 0.1) is 17.7 Å². The summed E-state index contributed by atoms with van der Waals surface area (Å²) in [7, 11) is 0. The van der Waals surface area contributed by atoms with Gasteiger partial charge in [-0.15, -0.1) is 0 Å². The summed E-state index contributed by atoms with van der Waals surface area (Å²) in [6.45, 7) is 0.757. The van der Waals surface area contributed by atoms with Crippen molar-refractivity contribution >= 4 is 0 Å². The van der Waals surface area contributed by atoms with Gasteiger partial charge in [-0.2, -0.15) is 0 Å². The molecule has 3 rings (SSSR count). The molecule has 1 aliphatic rings. The summed E-state index contributed by atoms with van der Waals surface area (Å²) in [4.78, 5) is 0. The van der Waals surface area contributed by atoms with E-state index < -0.39 is 0 Å². The standard InChI is InChI=1S/C19H21FO2/c20-18-8-9-19(22-13-14-4-2-1-3-5-14)16(11-18)7-6-15-10-17(15)12-21/h1-5,8-9,11,15,17,21H,6-7,10,12-13H2/t15-,17+/m0/s1. The van der Waals surface area contributed by atoms with Gasteiger partial charge in [0.05, 0.1) is 0 Å². The van der Waals surface area contributed by atoms with Crippen LogP contribution >= 0.6 is 0 Å². The van der Waals surface area contributed by atoms with E-state index in [0.29, 0.717) is 18.4 Å². The van der Waals surface area contributed by atoms with Gasteiger partial charge in [0.15, 0.2) is 0 Å². The molecule has 1 N–H and O–H groups in total. The Kier molecular flexibility index (Phi) is 4.74. The quantitative estimate of drug-likeness (QED) is 0.838. The van der Waals surface area contributed by atoms with Gasteiger partial charge in [0.1, 0.15) is 18.2 Å². The third-order valence-electron chi connectivity index (χ3n) is 4.35. The Labute approximate surface area is 130 Å². The van der Waals surface area contributed by atoms with Crippen molar-refractivity contribution < 1.29 is 14.2 Å². The van der Waals surface area contributed by atoms with Crippen molar-refractivity contribution in [3.8, 4) is 5.75 Å². The molecule has 0 radical (unpaired) electrons. The van der Waals surface area contributed by atoms with Gasteiger partial charge in [0, 0.05) is 6.61 Å². The number of aryl methyl sites for hydroxylation is 1. The third kappa shape index (κ3) is 3.86. The Bertz CT molecular complexity index is 612. The maximum Gasteiger partial charge on any atom is 0.123 e. The van der Waals surface area contributed by atoms with Crippen LogP contribution in [-0.4, -0.2) is 11.7 Å². The molecule has 3 heteroatoms. The van der Waals surface area contributed by atoms with Crippen LogP contribution in [0.5, 0.6) is 5.75 Å². The van der Waals surface area contributed by atoms with Crippen molar-refractivity contribution in [1.82, 2.24) is 0 Å². The molecule has 2 atom stereocenters. The van der Waals surface area contributed by atoms with Gasteiger partial charge in [-0.1, -0.05) is 30.3 Å². The molecular weight excluding hydrogens is 279 g/mol. The second-order valence-corrected chi connectivity index (χ2v) is 6.00. The lowest BCUT2D eigenvalue weighted by Gasteiger charge is -2.12. The lowest BCUT2D eigenvalue weighted by molar-refractivity contribution is 0.267. The zero-order valence-corrected chi connectivity index (χ0v) is 12.5. The van der Waals surface area contributed by atoms with E-state index in [-0.39, 0.29) is 12.4 Å². The molecule has 1 aliphatic carbocycles. The van der Waals surface area contributed by atoms with Crippen LogP contribution in [0.3, 0.4) is 0 Å². The number of ether oxygens (including phenoxy) is 1. The Hall–Kier alpha value is -1.87. The first-order chi connectivity index (χ1) is 10.8. The molecule has 1 fully saturated rings. The van der Waals surface area contributed by atoms with Crippen molar-refractivity contribution in [3.63, 3.8) is 0 Å². The van der Waals surface area contributed by atoms with Crippen LogP contribution in [0.1, 0.15) is 24.0 Å². The highest BCUT2D eigenvalue weighted by atomic mass is 19.1. The highest BCUT2D eigenvalue weighted by molar-refractivity contribution is 5.34. The molecular formula is C19H21FO2. The normalized spacial score (nSPS) is 19.9. The largest absolute Gasteiger partial charge is 0.489 e. The van der Waals surface area contributed by atoms with Crippen molar-refractivity contribution in [1.29, 1.82) is 0 Å². The molecule has 116 valence electrons. The average molecular weight is 300 g/mol. The molecule has 0 aromatic heterocycles. The molecule has 0 saturated heterocycles. The van der Waals surface area contributed by atoms with Crippen LogP contribution in [0.2, 0.25) is 0 Å². The number of aliphatic hydroxyl groups is 1. The fraction of sp³-hybridized carbons (Fsp3) is 0.368. The summed E-state index contributed by atoms with van der Waals surface area (Å²) in [6.07, 6.45) is 2.87. The first-order valence-corrected chi connectivity index (χ1v) is 7.82. The van der Waals surface area contributed by atoms with E-state index >= 15 is 0 Å². The van der Waals surface area contributed by atoms with Crippen molar-refractivity contribution in [2.45, 2.75) is 25.9 Å². The molecule has 0 aliphatic heterocycles. The number of aliphatic hydroxyl groups excluding tert-OH is 1. The highest BCUT2D eigenvalue weighted by Gasteiger charge is 2.35. The van der Waals surface area contributed by atoms with Crippen molar-refractivity contribution in [2.24, 2.45) is 11.8 Å².